The highest BCUT2D eigenvalue weighted by molar-refractivity contribution is 7.15. The van der Waals surface area contributed by atoms with Crippen molar-refractivity contribution in [1.82, 2.24) is 20.4 Å². The number of halogens is 1. The number of rotatable bonds is 6. The van der Waals surface area contributed by atoms with Crippen LogP contribution >= 0.6 is 22.9 Å². The number of piperidine rings is 1. The van der Waals surface area contributed by atoms with Crippen molar-refractivity contribution < 1.29 is 14.4 Å². The van der Waals surface area contributed by atoms with Gasteiger partial charge in [0.25, 0.3) is 11.8 Å². The van der Waals surface area contributed by atoms with E-state index in [4.69, 9.17) is 11.6 Å². The standard InChI is InChI=1S/C24H24ClN5O3S/c1-15-7-9-16(10-8-15)13-26-20(31)17-4-3-11-30(14-17)24(33)23-29-28-22(34-23)21(32)27-19-6-2-5-18(25)12-19/h2,5-10,12,17H,3-4,11,13-14H2,1H3,(H,26,31)(H,27,32)/t17-/m0/s1. The van der Waals surface area contributed by atoms with Crippen molar-refractivity contribution in [2.75, 3.05) is 18.4 Å². The van der Waals surface area contributed by atoms with Crippen LogP contribution in [0.25, 0.3) is 0 Å². The molecule has 0 radical (unpaired) electrons. The summed E-state index contributed by atoms with van der Waals surface area (Å²) >= 11 is 6.87. The van der Waals surface area contributed by atoms with Crippen molar-refractivity contribution in [2.24, 2.45) is 5.92 Å². The Morgan fingerprint density at radius 2 is 1.88 bits per heavy atom. The lowest BCUT2D eigenvalue weighted by Crippen LogP contribution is -2.45. The van der Waals surface area contributed by atoms with Crippen LogP contribution in [0.4, 0.5) is 5.69 Å². The second-order valence-corrected chi connectivity index (χ2v) is 9.58. The van der Waals surface area contributed by atoms with E-state index in [0.29, 0.717) is 36.8 Å². The number of aryl methyl sites for hydroxylation is 1. The second kappa shape index (κ2) is 10.8. The molecule has 0 spiro atoms. The number of anilines is 1. The van der Waals surface area contributed by atoms with Gasteiger partial charge in [-0.3, -0.25) is 14.4 Å². The zero-order valence-corrected chi connectivity index (χ0v) is 20.2. The molecule has 1 aliphatic rings. The first-order valence-electron chi connectivity index (χ1n) is 10.9. The molecule has 8 nitrogen and oxygen atoms in total. The molecule has 0 unspecified atom stereocenters. The Bertz CT molecular complexity index is 1200. The fourth-order valence-corrected chi connectivity index (χ4v) is 4.60. The third-order valence-electron chi connectivity index (χ3n) is 5.55. The number of carbonyl (C=O) groups excluding carboxylic acids is 3. The predicted octanol–water partition coefficient (Wildman–Crippen LogP) is 3.92. The Labute approximate surface area is 206 Å². The summed E-state index contributed by atoms with van der Waals surface area (Å²) in [5.74, 6) is -1.15. The topological polar surface area (TPSA) is 104 Å². The van der Waals surface area contributed by atoms with E-state index in [0.717, 1.165) is 23.3 Å². The number of carbonyl (C=O) groups is 3. The van der Waals surface area contributed by atoms with Crippen molar-refractivity contribution in [2.45, 2.75) is 26.3 Å². The summed E-state index contributed by atoms with van der Waals surface area (Å²) in [7, 11) is 0. The van der Waals surface area contributed by atoms with Crippen molar-refractivity contribution in [1.29, 1.82) is 0 Å². The molecule has 176 valence electrons. The van der Waals surface area contributed by atoms with Crippen LogP contribution in [0.15, 0.2) is 48.5 Å². The van der Waals surface area contributed by atoms with Gasteiger partial charge in [0, 0.05) is 30.3 Å². The molecule has 0 aliphatic carbocycles. The Morgan fingerprint density at radius 1 is 1.12 bits per heavy atom. The molecule has 1 fully saturated rings. The molecule has 2 aromatic carbocycles. The van der Waals surface area contributed by atoms with Crippen LogP contribution in [0.3, 0.4) is 0 Å². The average Bonchev–Trinajstić information content (AvgIpc) is 3.34. The summed E-state index contributed by atoms with van der Waals surface area (Å²) in [6, 6.07) is 14.7. The number of likely N-dealkylation sites (tertiary alicyclic amines) is 1. The molecule has 34 heavy (non-hydrogen) atoms. The molecule has 4 rings (SSSR count). The van der Waals surface area contributed by atoms with E-state index in [2.05, 4.69) is 20.8 Å². The lowest BCUT2D eigenvalue weighted by atomic mass is 9.97. The quantitative estimate of drug-likeness (QED) is 0.537. The number of nitrogens with one attached hydrogen (secondary N) is 2. The van der Waals surface area contributed by atoms with E-state index in [1.165, 1.54) is 5.56 Å². The average molecular weight is 498 g/mol. The van der Waals surface area contributed by atoms with Crippen molar-refractivity contribution in [3.8, 4) is 0 Å². The van der Waals surface area contributed by atoms with Gasteiger partial charge >= 0.3 is 0 Å². The maximum atomic E-state index is 13.0. The largest absolute Gasteiger partial charge is 0.352 e. The van der Waals surface area contributed by atoms with E-state index in [1.807, 2.05) is 31.2 Å². The molecule has 1 aromatic heterocycles. The summed E-state index contributed by atoms with van der Waals surface area (Å²) in [5.41, 5.74) is 2.72. The summed E-state index contributed by atoms with van der Waals surface area (Å²) in [6.07, 6.45) is 1.43. The van der Waals surface area contributed by atoms with E-state index >= 15 is 0 Å². The van der Waals surface area contributed by atoms with E-state index < -0.39 is 5.91 Å². The summed E-state index contributed by atoms with van der Waals surface area (Å²) in [4.78, 5) is 39.7. The molecule has 10 heteroatoms. The molecule has 0 bridgehead atoms. The number of hydrogen-bond acceptors (Lipinski definition) is 6. The normalized spacial score (nSPS) is 15.6. The molecule has 1 aliphatic heterocycles. The summed E-state index contributed by atoms with van der Waals surface area (Å²) in [5, 5.41) is 14.1. The third-order valence-corrected chi connectivity index (χ3v) is 6.70. The third kappa shape index (κ3) is 5.98. The molecular weight excluding hydrogens is 474 g/mol. The van der Waals surface area contributed by atoms with Crippen LogP contribution in [0, 0.1) is 12.8 Å². The smallest absolute Gasteiger partial charge is 0.286 e. The summed E-state index contributed by atoms with van der Waals surface area (Å²) in [6.45, 7) is 3.31. The Hall–Kier alpha value is -3.30. The fourth-order valence-electron chi connectivity index (χ4n) is 3.70. The van der Waals surface area contributed by atoms with Crippen LogP contribution in [-0.4, -0.2) is 45.9 Å². The number of benzene rings is 2. The molecular formula is C24H24ClN5O3S. The maximum Gasteiger partial charge on any atom is 0.286 e. The summed E-state index contributed by atoms with van der Waals surface area (Å²) < 4.78 is 0. The highest BCUT2D eigenvalue weighted by Gasteiger charge is 2.30. The molecule has 3 aromatic rings. The van der Waals surface area contributed by atoms with Crippen LogP contribution < -0.4 is 10.6 Å². The Balaban J connectivity index is 1.33. The van der Waals surface area contributed by atoms with Crippen LogP contribution in [0.5, 0.6) is 0 Å². The zero-order chi connectivity index (χ0) is 24.1. The minimum atomic E-state index is -0.467. The molecule has 2 N–H and O–H groups in total. The van der Waals surface area contributed by atoms with E-state index in [9.17, 15) is 14.4 Å². The Morgan fingerprint density at radius 3 is 2.65 bits per heavy atom. The maximum absolute atomic E-state index is 13.0. The monoisotopic (exact) mass is 497 g/mol. The SMILES string of the molecule is Cc1ccc(CNC(=O)[C@H]2CCCN(C(=O)c3nnc(C(=O)Nc4cccc(Cl)c4)s3)C2)cc1. The fraction of sp³-hybridized carbons (Fsp3) is 0.292. The van der Waals surface area contributed by atoms with Gasteiger partial charge in [0.05, 0.1) is 5.92 Å². The number of hydrogen-bond donors (Lipinski definition) is 2. The minimum absolute atomic E-state index is 0.0723. The van der Waals surface area contributed by atoms with E-state index in [1.54, 1.807) is 29.2 Å². The van der Waals surface area contributed by atoms with Gasteiger partial charge in [0.15, 0.2) is 0 Å². The van der Waals surface area contributed by atoms with Gasteiger partial charge < -0.3 is 15.5 Å². The molecule has 1 saturated heterocycles. The first kappa shape index (κ1) is 23.8. The van der Waals surface area contributed by atoms with Crippen LogP contribution in [0.2, 0.25) is 5.02 Å². The van der Waals surface area contributed by atoms with Crippen molar-refractivity contribution >= 4 is 46.3 Å². The van der Waals surface area contributed by atoms with Crippen molar-refractivity contribution in [3.63, 3.8) is 0 Å². The predicted molar refractivity (Wildman–Crippen MR) is 131 cm³/mol. The lowest BCUT2D eigenvalue weighted by molar-refractivity contribution is -0.126. The minimum Gasteiger partial charge on any atom is -0.352 e. The van der Waals surface area contributed by atoms with Crippen LogP contribution in [0.1, 0.15) is 43.6 Å². The van der Waals surface area contributed by atoms with Gasteiger partial charge in [0.1, 0.15) is 0 Å². The first-order valence-corrected chi connectivity index (χ1v) is 12.1. The van der Waals surface area contributed by atoms with Gasteiger partial charge in [-0.15, -0.1) is 10.2 Å². The Kier molecular flexibility index (Phi) is 7.54. The second-order valence-electron chi connectivity index (χ2n) is 8.17. The first-order chi connectivity index (χ1) is 16.4. The van der Waals surface area contributed by atoms with Gasteiger partial charge in [-0.05, 0) is 43.5 Å². The highest BCUT2D eigenvalue weighted by atomic mass is 35.5. The number of amides is 3. The molecule has 2 heterocycles. The molecule has 3 amide bonds. The van der Waals surface area contributed by atoms with Gasteiger partial charge in [-0.25, -0.2) is 0 Å². The lowest BCUT2D eigenvalue weighted by Gasteiger charge is -2.31. The van der Waals surface area contributed by atoms with E-state index in [-0.39, 0.29) is 27.7 Å². The zero-order valence-electron chi connectivity index (χ0n) is 18.6. The molecule has 0 saturated carbocycles. The van der Waals surface area contributed by atoms with Gasteiger partial charge in [-0.2, -0.15) is 0 Å². The molecule has 1 atom stereocenters. The number of nitrogens with zero attached hydrogens (tertiary/aromatic N) is 3. The van der Waals surface area contributed by atoms with Gasteiger partial charge in [-0.1, -0.05) is 58.8 Å². The van der Waals surface area contributed by atoms with Gasteiger partial charge in [0.2, 0.25) is 15.9 Å². The van der Waals surface area contributed by atoms with Crippen molar-refractivity contribution in [3.05, 3.63) is 74.7 Å². The number of aromatic nitrogens is 2. The van der Waals surface area contributed by atoms with Crippen LogP contribution in [-0.2, 0) is 11.3 Å². The highest BCUT2D eigenvalue weighted by Crippen LogP contribution is 2.22.